The zero-order chi connectivity index (χ0) is 11.1. The van der Waals surface area contributed by atoms with Crippen LogP contribution >= 0.6 is 0 Å². The molecule has 15 heavy (non-hydrogen) atoms. The Morgan fingerprint density at radius 1 is 1.67 bits per heavy atom. The Kier molecular flexibility index (Phi) is 4.90. The molecule has 1 unspecified atom stereocenters. The van der Waals surface area contributed by atoms with E-state index in [1.54, 1.807) is 6.07 Å². The number of amides is 1. The number of carbonyl (C=O) groups excluding carboxylic acids is 1. The van der Waals surface area contributed by atoms with Gasteiger partial charge in [-0.15, -0.1) is 0 Å². The molecule has 0 fully saturated rings. The number of rotatable bonds is 6. The van der Waals surface area contributed by atoms with Crippen molar-refractivity contribution >= 4 is 5.91 Å². The molecule has 0 spiro atoms. The van der Waals surface area contributed by atoms with E-state index in [0.29, 0.717) is 19.4 Å². The average Bonchev–Trinajstić information content (AvgIpc) is 2.70. The highest BCUT2D eigenvalue weighted by molar-refractivity contribution is 5.75. The van der Waals surface area contributed by atoms with Crippen molar-refractivity contribution in [2.45, 2.75) is 32.3 Å². The SMILES string of the molecule is CCCC(=O)NCCC(O)c1ccoc1. The summed E-state index contributed by atoms with van der Waals surface area (Å²) in [6.45, 7) is 2.45. The van der Waals surface area contributed by atoms with E-state index in [1.807, 2.05) is 6.92 Å². The molecule has 1 heterocycles. The van der Waals surface area contributed by atoms with Crippen LogP contribution in [0.3, 0.4) is 0 Å². The molecular weight excluding hydrogens is 194 g/mol. The van der Waals surface area contributed by atoms with E-state index in [9.17, 15) is 9.90 Å². The van der Waals surface area contributed by atoms with E-state index >= 15 is 0 Å². The standard InChI is InChI=1S/C11H17NO3/c1-2-3-11(14)12-6-4-10(13)9-5-7-15-8-9/h5,7-8,10,13H,2-4,6H2,1H3,(H,12,14). The first-order chi connectivity index (χ1) is 7.24. The van der Waals surface area contributed by atoms with Crippen LogP contribution in [0.5, 0.6) is 0 Å². The summed E-state index contributed by atoms with van der Waals surface area (Å²) in [5.41, 5.74) is 0.750. The molecule has 84 valence electrons. The molecule has 4 nitrogen and oxygen atoms in total. The summed E-state index contributed by atoms with van der Waals surface area (Å²) in [6.07, 6.45) is 4.37. The zero-order valence-corrected chi connectivity index (χ0v) is 8.90. The van der Waals surface area contributed by atoms with Gasteiger partial charge in [-0.25, -0.2) is 0 Å². The van der Waals surface area contributed by atoms with Crippen molar-refractivity contribution in [3.63, 3.8) is 0 Å². The molecule has 0 saturated heterocycles. The maximum Gasteiger partial charge on any atom is 0.219 e. The van der Waals surface area contributed by atoms with E-state index in [4.69, 9.17) is 4.42 Å². The van der Waals surface area contributed by atoms with Crippen molar-refractivity contribution in [3.05, 3.63) is 24.2 Å². The van der Waals surface area contributed by atoms with Gasteiger partial charge < -0.3 is 14.8 Å². The summed E-state index contributed by atoms with van der Waals surface area (Å²) in [7, 11) is 0. The van der Waals surface area contributed by atoms with Crippen LogP contribution in [0.1, 0.15) is 37.9 Å². The van der Waals surface area contributed by atoms with E-state index in [2.05, 4.69) is 5.32 Å². The predicted molar refractivity (Wildman–Crippen MR) is 56.2 cm³/mol. The van der Waals surface area contributed by atoms with E-state index in [-0.39, 0.29) is 5.91 Å². The summed E-state index contributed by atoms with van der Waals surface area (Å²) < 4.78 is 4.85. The second kappa shape index (κ2) is 6.24. The quantitative estimate of drug-likeness (QED) is 0.751. The van der Waals surface area contributed by atoms with Gasteiger partial charge in [-0.3, -0.25) is 4.79 Å². The molecule has 0 aliphatic carbocycles. The van der Waals surface area contributed by atoms with Gasteiger partial charge in [-0.1, -0.05) is 6.92 Å². The highest BCUT2D eigenvalue weighted by Crippen LogP contribution is 2.15. The molecule has 0 aliphatic heterocycles. The molecule has 0 bridgehead atoms. The minimum Gasteiger partial charge on any atom is -0.472 e. The molecular formula is C11H17NO3. The largest absolute Gasteiger partial charge is 0.472 e. The maximum absolute atomic E-state index is 11.1. The molecule has 0 radical (unpaired) electrons. The first-order valence-electron chi connectivity index (χ1n) is 5.21. The molecule has 0 aliphatic rings. The zero-order valence-electron chi connectivity index (χ0n) is 8.90. The first-order valence-corrected chi connectivity index (χ1v) is 5.21. The van der Waals surface area contributed by atoms with Crippen molar-refractivity contribution < 1.29 is 14.3 Å². The van der Waals surface area contributed by atoms with Gasteiger partial charge >= 0.3 is 0 Å². The fourth-order valence-corrected chi connectivity index (χ4v) is 1.30. The second-order valence-electron chi connectivity index (χ2n) is 3.46. The fraction of sp³-hybridized carbons (Fsp3) is 0.545. The van der Waals surface area contributed by atoms with Crippen LogP contribution in [0.15, 0.2) is 23.0 Å². The third kappa shape index (κ3) is 4.16. The summed E-state index contributed by atoms with van der Waals surface area (Å²) in [5, 5.41) is 12.4. The minimum absolute atomic E-state index is 0.0388. The Hall–Kier alpha value is -1.29. The number of aliphatic hydroxyl groups excluding tert-OH is 1. The summed E-state index contributed by atoms with van der Waals surface area (Å²) in [5.74, 6) is 0.0388. The minimum atomic E-state index is -0.564. The topological polar surface area (TPSA) is 62.5 Å². The Morgan fingerprint density at radius 3 is 3.07 bits per heavy atom. The van der Waals surface area contributed by atoms with Gasteiger partial charge in [0.15, 0.2) is 0 Å². The third-order valence-electron chi connectivity index (χ3n) is 2.14. The maximum atomic E-state index is 11.1. The molecule has 1 aromatic heterocycles. The van der Waals surface area contributed by atoms with Crippen LogP contribution in [-0.4, -0.2) is 17.6 Å². The molecule has 0 aromatic carbocycles. The molecule has 0 saturated carbocycles. The van der Waals surface area contributed by atoms with E-state index in [1.165, 1.54) is 12.5 Å². The lowest BCUT2D eigenvalue weighted by molar-refractivity contribution is -0.121. The Labute approximate surface area is 89.3 Å². The molecule has 2 N–H and O–H groups in total. The van der Waals surface area contributed by atoms with Crippen LogP contribution in [0.4, 0.5) is 0 Å². The molecule has 4 heteroatoms. The van der Waals surface area contributed by atoms with E-state index < -0.39 is 6.10 Å². The lowest BCUT2D eigenvalue weighted by atomic mass is 10.1. The number of carbonyl (C=O) groups is 1. The van der Waals surface area contributed by atoms with Crippen LogP contribution in [0, 0.1) is 0 Å². The summed E-state index contributed by atoms with van der Waals surface area (Å²) in [4.78, 5) is 11.1. The smallest absolute Gasteiger partial charge is 0.219 e. The Bertz CT molecular complexity index is 282. The highest BCUT2D eigenvalue weighted by Gasteiger charge is 2.08. The van der Waals surface area contributed by atoms with Crippen LogP contribution in [0.25, 0.3) is 0 Å². The van der Waals surface area contributed by atoms with Gasteiger partial charge in [0, 0.05) is 18.5 Å². The van der Waals surface area contributed by atoms with E-state index in [0.717, 1.165) is 12.0 Å². The van der Waals surface area contributed by atoms with Gasteiger partial charge in [0.25, 0.3) is 0 Å². The molecule has 1 rings (SSSR count). The fourth-order valence-electron chi connectivity index (χ4n) is 1.30. The van der Waals surface area contributed by atoms with Gasteiger partial charge in [-0.05, 0) is 18.9 Å². The lowest BCUT2D eigenvalue weighted by Crippen LogP contribution is -2.25. The summed E-state index contributed by atoms with van der Waals surface area (Å²) in [6, 6.07) is 1.72. The summed E-state index contributed by atoms with van der Waals surface area (Å²) >= 11 is 0. The van der Waals surface area contributed by atoms with Crippen LogP contribution in [-0.2, 0) is 4.79 Å². The van der Waals surface area contributed by atoms with Crippen LogP contribution < -0.4 is 5.32 Å². The van der Waals surface area contributed by atoms with Crippen molar-refractivity contribution in [1.82, 2.24) is 5.32 Å². The number of nitrogens with one attached hydrogen (secondary N) is 1. The molecule has 1 aromatic rings. The monoisotopic (exact) mass is 211 g/mol. The number of aliphatic hydroxyl groups is 1. The van der Waals surface area contributed by atoms with Crippen molar-refractivity contribution in [1.29, 1.82) is 0 Å². The Morgan fingerprint density at radius 2 is 2.47 bits per heavy atom. The van der Waals surface area contributed by atoms with Crippen molar-refractivity contribution in [2.75, 3.05) is 6.54 Å². The second-order valence-corrected chi connectivity index (χ2v) is 3.46. The van der Waals surface area contributed by atoms with Crippen LogP contribution in [0.2, 0.25) is 0 Å². The number of hydrogen-bond donors (Lipinski definition) is 2. The van der Waals surface area contributed by atoms with Gasteiger partial charge in [0.2, 0.25) is 5.91 Å². The first kappa shape index (κ1) is 11.8. The van der Waals surface area contributed by atoms with Crippen molar-refractivity contribution in [2.24, 2.45) is 0 Å². The lowest BCUT2D eigenvalue weighted by Gasteiger charge is -2.08. The Balaban J connectivity index is 2.18. The van der Waals surface area contributed by atoms with Gasteiger partial charge in [-0.2, -0.15) is 0 Å². The number of furan rings is 1. The van der Waals surface area contributed by atoms with Gasteiger partial charge in [0.05, 0.1) is 18.6 Å². The average molecular weight is 211 g/mol. The normalized spacial score (nSPS) is 12.4. The highest BCUT2D eigenvalue weighted by atomic mass is 16.3. The molecule has 1 atom stereocenters. The van der Waals surface area contributed by atoms with Crippen molar-refractivity contribution in [3.8, 4) is 0 Å². The molecule has 1 amide bonds. The van der Waals surface area contributed by atoms with Gasteiger partial charge in [0.1, 0.15) is 0 Å². The third-order valence-corrected chi connectivity index (χ3v) is 2.14. The predicted octanol–water partition coefficient (Wildman–Crippen LogP) is 1.62. The number of hydrogen-bond acceptors (Lipinski definition) is 3.